The topological polar surface area (TPSA) is 64.4 Å². The molecule has 5 heteroatoms. The molecule has 0 amide bonds. The van der Waals surface area contributed by atoms with Gasteiger partial charge in [0.2, 0.25) is 0 Å². The molecule has 0 aromatic heterocycles. The van der Waals surface area contributed by atoms with Crippen LogP contribution in [0.5, 0.6) is 5.75 Å². The van der Waals surface area contributed by atoms with E-state index >= 15 is 0 Å². The number of nitro benzene ring substituents is 1. The smallest absolute Gasteiger partial charge is 0.273 e. The Morgan fingerprint density at radius 1 is 1.47 bits per heavy atom. The maximum Gasteiger partial charge on any atom is 0.273 e. The molecule has 0 radical (unpaired) electrons. The first-order valence-electron chi connectivity index (χ1n) is 6.73. The molecule has 1 aromatic rings. The Morgan fingerprint density at radius 2 is 2.26 bits per heavy atom. The highest BCUT2D eigenvalue weighted by Gasteiger charge is 2.24. The lowest BCUT2D eigenvalue weighted by molar-refractivity contribution is -0.384. The average Bonchev–Trinajstić information content (AvgIpc) is 2.86. The monoisotopic (exact) mass is 264 g/mol. The summed E-state index contributed by atoms with van der Waals surface area (Å²) in [6.45, 7) is 2.22. The fraction of sp³-hybridized carbons (Fsp3) is 0.571. The highest BCUT2D eigenvalue weighted by atomic mass is 16.6. The van der Waals surface area contributed by atoms with E-state index in [4.69, 9.17) is 4.74 Å². The number of methoxy groups -OCH3 is 1. The van der Waals surface area contributed by atoms with Gasteiger partial charge in [-0.25, -0.2) is 0 Å². The SMILES string of the molecule is CCC1CCC(Nc2ccc([N+](=O)[O-])cc2OC)C1. The number of hydrogen-bond donors (Lipinski definition) is 1. The van der Waals surface area contributed by atoms with Crippen LogP contribution in [0.1, 0.15) is 32.6 Å². The standard InChI is InChI=1S/C14H20N2O3/c1-3-10-4-5-11(8-10)15-13-7-6-12(16(17)18)9-14(13)19-2/h6-7,9-11,15H,3-5,8H2,1-2H3. The molecule has 1 N–H and O–H groups in total. The van der Waals surface area contributed by atoms with E-state index in [0.29, 0.717) is 11.8 Å². The number of nitro groups is 1. The van der Waals surface area contributed by atoms with Crippen molar-refractivity contribution >= 4 is 11.4 Å². The van der Waals surface area contributed by atoms with Crippen LogP contribution < -0.4 is 10.1 Å². The minimum Gasteiger partial charge on any atom is -0.494 e. The van der Waals surface area contributed by atoms with Crippen molar-refractivity contribution in [1.82, 2.24) is 0 Å². The van der Waals surface area contributed by atoms with Crippen LogP contribution in [0.25, 0.3) is 0 Å². The second-order valence-electron chi connectivity index (χ2n) is 5.07. The summed E-state index contributed by atoms with van der Waals surface area (Å²) >= 11 is 0. The van der Waals surface area contributed by atoms with Crippen molar-refractivity contribution in [3.8, 4) is 5.75 Å². The van der Waals surface area contributed by atoms with Gasteiger partial charge in [-0.15, -0.1) is 0 Å². The normalized spacial score (nSPS) is 22.2. The van der Waals surface area contributed by atoms with Gasteiger partial charge >= 0.3 is 0 Å². The van der Waals surface area contributed by atoms with Crippen molar-refractivity contribution in [2.75, 3.05) is 12.4 Å². The maximum absolute atomic E-state index is 10.7. The largest absolute Gasteiger partial charge is 0.494 e. The Hall–Kier alpha value is -1.78. The predicted octanol–water partition coefficient (Wildman–Crippen LogP) is 3.59. The molecular formula is C14H20N2O3. The van der Waals surface area contributed by atoms with Crippen molar-refractivity contribution in [3.63, 3.8) is 0 Å². The highest BCUT2D eigenvalue weighted by Crippen LogP contribution is 2.34. The summed E-state index contributed by atoms with van der Waals surface area (Å²) in [5, 5.41) is 14.2. The van der Waals surface area contributed by atoms with E-state index in [1.54, 1.807) is 6.07 Å². The lowest BCUT2D eigenvalue weighted by atomic mass is 10.1. The summed E-state index contributed by atoms with van der Waals surface area (Å²) in [5.41, 5.74) is 0.898. The number of rotatable bonds is 5. The Kier molecular flexibility index (Phi) is 4.24. The van der Waals surface area contributed by atoms with E-state index in [1.165, 1.54) is 32.1 Å². The first-order chi connectivity index (χ1) is 9.13. The number of nitrogens with one attached hydrogen (secondary N) is 1. The second-order valence-corrected chi connectivity index (χ2v) is 5.07. The third kappa shape index (κ3) is 3.16. The fourth-order valence-corrected chi connectivity index (χ4v) is 2.71. The van der Waals surface area contributed by atoms with E-state index in [2.05, 4.69) is 12.2 Å². The number of anilines is 1. The molecule has 1 saturated carbocycles. The van der Waals surface area contributed by atoms with Gasteiger partial charge in [0.25, 0.3) is 5.69 Å². The summed E-state index contributed by atoms with van der Waals surface area (Å²) in [6, 6.07) is 5.15. The summed E-state index contributed by atoms with van der Waals surface area (Å²) in [5.74, 6) is 1.33. The van der Waals surface area contributed by atoms with Gasteiger partial charge in [0.05, 0.1) is 23.8 Å². The molecule has 2 unspecified atom stereocenters. The lowest BCUT2D eigenvalue weighted by Gasteiger charge is -2.16. The number of non-ortho nitro benzene ring substituents is 1. The molecule has 0 aliphatic heterocycles. The van der Waals surface area contributed by atoms with Crippen LogP contribution in [0.2, 0.25) is 0 Å². The maximum atomic E-state index is 10.7. The number of hydrogen-bond acceptors (Lipinski definition) is 4. The number of nitrogens with zero attached hydrogens (tertiary/aromatic N) is 1. The van der Waals surface area contributed by atoms with Crippen LogP contribution >= 0.6 is 0 Å². The van der Waals surface area contributed by atoms with Crippen LogP contribution in [0, 0.1) is 16.0 Å². The fourth-order valence-electron chi connectivity index (χ4n) is 2.71. The van der Waals surface area contributed by atoms with Crippen molar-refractivity contribution in [1.29, 1.82) is 0 Å². The molecule has 5 nitrogen and oxygen atoms in total. The molecule has 0 saturated heterocycles. The molecule has 19 heavy (non-hydrogen) atoms. The van der Waals surface area contributed by atoms with Crippen LogP contribution in [0.15, 0.2) is 18.2 Å². The second kappa shape index (κ2) is 5.91. The predicted molar refractivity (Wildman–Crippen MR) is 74.7 cm³/mol. The quantitative estimate of drug-likeness (QED) is 0.652. The van der Waals surface area contributed by atoms with Gasteiger partial charge in [-0.2, -0.15) is 0 Å². The van der Waals surface area contributed by atoms with Gasteiger partial charge in [-0.05, 0) is 31.2 Å². The zero-order valence-electron chi connectivity index (χ0n) is 11.4. The molecule has 1 aromatic carbocycles. The van der Waals surface area contributed by atoms with E-state index in [9.17, 15) is 10.1 Å². The third-order valence-electron chi connectivity index (χ3n) is 3.87. The first-order valence-corrected chi connectivity index (χ1v) is 6.73. The Balaban J connectivity index is 2.10. The van der Waals surface area contributed by atoms with Crippen LogP contribution in [0.3, 0.4) is 0 Å². The summed E-state index contributed by atoms with van der Waals surface area (Å²) < 4.78 is 5.23. The molecule has 2 atom stereocenters. The average molecular weight is 264 g/mol. The Morgan fingerprint density at radius 3 is 2.84 bits per heavy atom. The van der Waals surface area contributed by atoms with Crippen molar-refractivity contribution < 1.29 is 9.66 Å². The minimum atomic E-state index is -0.408. The molecular weight excluding hydrogens is 244 g/mol. The molecule has 0 spiro atoms. The summed E-state index contributed by atoms with van der Waals surface area (Å²) in [7, 11) is 1.54. The van der Waals surface area contributed by atoms with Gasteiger partial charge < -0.3 is 10.1 Å². The molecule has 2 rings (SSSR count). The van der Waals surface area contributed by atoms with Gasteiger partial charge in [0.15, 0.2) is 0 Å². The zero-order chi connectivity index (χ0) is 13.8. The number of benzene rings is 1. The first kappa shape index (κ1) is 13.6. The molecule has 1 fully saturated rings. The molecule has 1 aliphatic carbocycles. The highest BCUT2D eigenvalue weighted by molar-refractivity contribution is 5.61. The van der Waals surface area contributed by atoms with E-state index in [0.717, 1.165) is 24.4 Å². The van der Waals surface area contributed by atoms with Crippen molar-refractivity contribution in [2.45, 2.75) is 38.6 Å². The Bertz CT molecular complexity index is 462. The van der Waals surface area contributed by atoms with Gasteiger partial charge in [-0.3, -0.25) is 10.1 Å². The Labute approximate surface area is 113 Å². The van der Waals surface area contributed by atoms with E-state index in [-0.39, 0.29) is 5.69 Å². The summed E-state index contributed by atoms with van der Waals surface area (Å²) in [6.07, 6.45) is 4.79. The summed E-state index contributed by atoms with van der Waals surface area (Å²) in [4.78, 5) is 10.3. The molecule has 0 bridgehead atoms. The number of ether oxygens (including phenoxy) is 1. The lowest BCUT2D eigenvalue weighted by Crippen LogP contribution is -2.16. The van der Waals surface area contributed by atoms with E-state index in [1.807, 2.05) is 0 Å². The van der Waals surface area contributed by atoms with Crippen LogP contribution in [-0.2, 0) is 0 Å². The van der Waals surface area contributed by atoms with E-state index < -0.39 is 4.92 Å². The van der Waals surface area contributed by atoms with Crippen LogP contribution in [-0.4, -0.2) is 18.1 Å². The van der Waals surface area contributed by atoms with Gasteiger partial charge in [0.1, 0.15) is 5.75 Å². The molecule has 1 aliphatic rings. The zero-order valence-corrected chi connectivity index (χ0v) is 11.4. The van der Waals surface area contributed by atoms with Crippen molar-refractivity contribution in [3.05, 3.63) is 28.3 Å². The van der Waals surface area contributed by atoms with Gasteiger partial charge in [-0.1, -0.05) is 13.3 Å². The third-order valence-corrected chi connectivity index (χ3v) is 3.87. The molecule has 104 valence electrons. The minimum absolute atomic E-state index is 0.0558. The molecule has 0 heterocycles. The van der Waals surface area contributed by atoms with Crippen molar-refractivity contribution in [2.24, 2.45) is 5.92 Å². The van der Waals surface area contributed by atoms with Crippen LogP contribution in [0.4, 0.5) is 11.4 Å². The van der Waals surface area contributed by atoms with Gasteiger partial charge in [0, 0.05) is 12.1 Å².